The van der Waals surface area contributed by atoms with Gasteiger partial charge in [-0.15, -0.1) is 36.4 Å². The number of aliphatic carboxylic acids is 1. The van der Waals surface area contributed by atoms with Crippen molar-refractivity contribution < 1.29 is 42.5 Å². The molecule has 1 radical (unpaired) electrons. The van der Waals surface area contributed by atoms with Gasteiger partial charge in [-0.05, 0) is 147 Å². The smallest absolute Gasteiger partial charge is 0.355 e. The Bertz CT molecular complexity index is 3200. The molecule has 17 nitrogen and oxygen atoms in total. The SMILES string of the molecule is C.C#Cc1cnc2c(C)cc(OC(SC)C(=O)NC(C)(C)c3nocc3Br)cc2c1.C#Cc1cnc2c(C)cc(OC(SC)C(=O)O)cc2c1.CC(C)(N)c1nocc1Br.CC(C)(N[B]C=O)c1cc([Si](C)(C)C)on1. The molecule has 0 bridgehead atoms. The van der Waals surface area contributed by atoms with E-state index in [4.69, 9.17) is 46.7 Å². The second-order valence-corrected chi connectivity index (χ2v) is 27.8. The molecule has 7 rings (SSSR count). The zero-order chi connectivity index (χ0) is 56.1. The zero-order valence-electron chi connectivity index (χ0n) is 43.9. The van der Waals surface area contributed by atoms with E-state index < -0.39 is 36.0 Å². The van der Waals surface area contributed by atoms with Gasteiger partial charge in [-0.25, -0.2) is 4.79 Å². The number of fused-ring (bicyclic) bond motifs is 2. The van der Waals surface area contributed by atoms with E-state index in [1.807, 2.05) is 92.0 Å². The van der Waals surface area contributed by atoms with Crippen LogP contribution in [0.15, 0.2) is 89.9 Å². The predicted molar refractivity (Wildman–Crippen MR) is 314 cm³/mol. The maximum Gasteiger partial charge on any atom is 0.355 e. The highest BCUT2D eigenvalue weighted by Gasteiger charge is 2.33. The molecule has 0 aliphatic rings. The summed E-state index contributed by atoms with van der Waals surface area (Å²) in [5.74, 6) is 4.89. The number of hydrogen-bond acceptors (Lipinski definition) is 17. The van der Waals surface area contributed by atoms with Gasteiger partial charge in [-0.1, -0.05) is 54.4 Å². The number of ether oxygens (including phenoxy) is 2. The number of carboxylic acid groups (broad SMARTS) is 1. The van der Waals surface area contributed by atoms with Gasteiger partial charge in [0.2, 0.25) is 10.9 Å². The van der Waals surface area contributed by atoms with Crippen molar-refractivity contribution in [2.24, 2.45) is 5.73 Å². The number of amides is 1. The second kappa shape index (κ2) is 27.9. The van der Waals surface area contributed by atoms with E-state index in [-0.39, 0.29) is 18.9 Å². The number of aromatic nitrogens is 5. The van der Waals surface area contributed by atoms with Crippen LogP contribution in [0.2, 0.25) is 19.6 Å². The van der Waals surface area contributed by atoms with Gasteiger partial charge in [0.15, 0.2) is 0 Å². The summed E-state index contributed by atoms with van der Waals surface area (Å²) in [6, 6.07) is 12.9. The van der Waals surface area contributed by atoms with E-state index in [2.05, 4.69) is 99.3 Å². The number of nitrogens with zero attached hydrogens (tertiary/aromatic N) is 5. The van der Waals surface area contributed by atoms with Gasteiger partial charge in [-0.2, -0.15) is 0 Å². The Morgan fingerprint density at radius 1 is 0.789 bits per heavy atom. The maximum atomic E-state index is 12.9. The van der Waals surface area contributed by atoms with Gasteiger partial charge in [0.1, 0.15) is 54.6 Å². The third kappa shape index (κ3) is 17.8. The van der Waals surface area contributed by atoms with E-state index in [1.165, 1.54) is 31.7 Å². The molecular formula is C53H64BBr2N8O9S2Si. The summed E-state index contributed by atoms with van der Waals surface area (Å²) < 4.78 is 28.0. The van der Waals surface area contributed by atoms with Gasteiger partial charge in [0.05, 0.1) is 37.2 Å². The zero-order valence-corrected chi connectivity index (χ0v) is 49.7. The molecule has 2 atom stereocenters. The standard InChI is InChI=1S/C21H20BrN3O3S.C15H13NO3S.C10H18BN2O2Si.C6H9BrN2O.CH4/c1-6-13-8-14-9-15(7-12(2)17(14)23-10-13)28-20(29-5)19(26)24-21(3,4)18-16(22)11-27-25-18;1-4-10-6-11-7-12(19-15(20-3)14(17)18)5-9(2)13(11)16-8-10;1-10(2,13-11-7-14)8-6-9(15-12-8)16(3,4)5;1-6(2,8)5-4(7)3-10-9-5;/h1,7-11,20H,2-5H3,(H,24,26);1,5-8,15H,2-3H3,(H,17,18);6-7,13H,1-5H3;3H,8H2,1-2H3;1H4. The van der Waals surface area contributed by atoms with Gasteiger partial charge >= 0.3 is 5.97 Å². The van der Waals surface area contributed by atoms with Gasteiger partial charge in [-0.3, -0.25) is 14.8 Å². The molecule has 5 aromatic heterocycles. The van der Waals surface area contributed by atoms with Crippen molar-refractivity contribution in [3.63, 3.8) is 0 Å². The first kappa shape index (κ1) is 64.4. The lowest BCUT2D eigenvalue weighted by Gasteiger charge is -2.27. The molecule has 76 heavy (non-hydrogen) atoms. The van der Waals surface area contributed by atoms with E-state index in [9.17, 15) is 14.4 Å². The Morgan fingerprint density at radius 2 is 1.26 bits per heavy atom. The Morgan fingerprint density at radius 3 is 1.63 bits per heavy atom. The average Bonchev–Trinajstić information content (AvgIpc) is 4.14. The number of nitrogens with two attached hydrogens (primary N) is 1. The van der Waals surface area contributed by atoms with Crippen LogP contribution in [0.1, 0.15) is 88.3 Å². The van der Waals surface area contributed by atoms with Crippen molar-refractivity contribution in [2.75, 3.05) is 12.5 Å². The fourth-order valence-corrected chi connectivity index (χ4v) is 9.80. The lowest BCUT2D eigenvalue weighted by Crippen LogP contribution is -2.47. The fourth-order valence-electron chi connectivity index (χ4n) is 6.70. The summed E-state index contributed by atoms with van der Waals surface area (Å²) in [6.45, 7) is 21.8. The van der Waals surface area contributed by atoms with Crippen molar-refractivity contribution in [2.45, 2.75) is 110 Å². The van der Waals surface area contributed by atoms with Crippen LogP contribution in [0.3, 0.4) is 0 Å². The lowest BCUT2D eigenvalue weighted by atomic mass is 9.89. The first-order valence-corrected chi connectivity index (χ1v) is 30.4. The number of carbonyl (C=O) groups is 3. The normalized spacial score (nSPS) is 12.1. The number of hydrogen-bond donors (Lipinski definition) is 4. The number of aryl methyl sites for hydroxylation is 2. The number of terminal acetylenes is 2. The third-order valence-electron chi connectivity index (χ3n) is 10.7. The van der Waals surface area contributed by atoms with E-state index >= 15 is 0 Å². The van der Waals surface area contributed by atoms with Crippen LogP contribution in [0.25, 0.3) is 21.8 Å². The number of halogens is 2. The second-order valence-electron chi connectivity index (χ2n) is 19.3. The van der Waals surface area contributed by atoms with Crippen LogP contribution in [0.5, 0.6) is 11.5 Å². The molecule has 5 heterocycles. The predicted octanol–water partition coefficient (Wildman–Crippen LogP) is 10.2. The topological polar surface area (TPSA) is 244 Å². The van der Waals surface area contributed by atoms with E-state index in [0.717, 1.165) is 72.1 Å². The molecule has 5 N–H and O–H groups in total. The molecule has 7 aromatic rings. The largest absolute Gasteiger partial charge is 0.478 e. The molecule has 23 heteroatoms. The average molecular weight is 1220 g/mol. The Hall–Kier alpha value is -5.92. The molecule has 0 spiro atoms. The number of carboxylic acids is 1. The minimum absolute atomic E-state index is 0. The first-order chi connectivity index (χ1) is 35.1. The minimum atomic E-state index is -1.46. The molecule has 0 fully saturated rings. The Balaban J connectivity index is 0.000000283. The van der Waals surface area contributed by atoms with Crippen LogP contribution in [0.4, 0.5) is 0 Å². The summed E-state index contributed by atoms with van der Waals surface area (Å²) >= 11 is 9.06. The number of pyridine rings is 2. The summed E-state index contributed by atoms with van der Waals surface area (Å²) in [6.07, 6.45) is 21.3. The van der Waals surface area contributed by atoms with Crippen LogP contribution in [-0.4, -0.2) is 87.5 Å². The van der Waals surface area contributed by atoms with Gasteiger partial charge < -0.3 is 49.2 Å². The van der Waals surface area contributed by atoms with Crippen molar-refractivity contribution in [3.8, 4) is 36.2 Å². The summed E-state index contributed by atoms with van der Waals surface area (Å²) in [5, 5.41) is 29.4. The molecule has 2 aromatic carbocycles. The minimum Gasteiger partial charge on any atom is -0.478 e. The molecule has 0 aliphatic carbocycles. The van der Waals surface area contributed by atoms with Crippen LogP contribution in [0, 0.1) is 38.5 Å². The molecule has 0 saturated carbocycles. The monoisotopic (exact) mass is 1220 g/mol. The van der Waals surface area contributed by atoms with Crippen molar-refractivity contribution in [1.82, 2.24) is 36.0 Å². The molecular weight excluding hydrogens is 1160 g/mol. The van der Waals surface area contributed by atoms with Crippen molar-refractivity contribution in [3.05, 3.63) is 116 Å². The van der Waals surface area contributed by atoms with Gasteiger partial charge in [0, 0.05) is 45.9 Å². The third-order valence-corrected chi connectivity index (χ3v) is 15.0. The number of thioether (sulfide) groups is 2. The van der Waals surface area contributed by atoms with E-state index in [1.54, 1.807) is 30.8 Å². The molecule has 403 valence electrons. The number of nitrogens with one attached hydrogen (secondary N) is 2. The quantitative estimate of drug-likeness (QED) is 0.0304. The first-order valence-electron chi connectivity index (χ1n) is 22.8. The Labute approximate surface area is 471 Å². The Kier molecular flexibility index (Phi) is 23.7. The number of benzene rings is 2. The molecule has 0 aliphatic heterocycles. The summed E-state index contributed by atoms with van der Waals surface area (Å²) in [7, 11) is -0.0814. The number of rotatable bonds is 16. The summed E-state index contributed by atoms with van der Waals surface area (Å²) in [5.41, 5.74) is 9.54. The highest BCUT2D eigenvalue weighted by molar-refractivity contribution is 9.10. The van der Waals surface area contributed by atoms with Crippen molar-refractivity contribution >= 4 is 116 Å². The van der Waals surface area contributed by atoms with Crippen LogP contribution in [-0.2, 0) is 31.0 Å². The fraction of sp³-hybridized carbons (Fsp3) is 0.358. The molecule has 2 unspecified atom stereocenters. The molecule has 1 amide bonds. The highest BCUT2D eigenvalue weighted by Crippen LogP contribution is 2.31. The van der Waals surface area contributed by atoms with Gasteiger partial charge in [0.25, 0.3) is 13.3 Å². The van der Waals surface area contributed by atoms with E-state index in [0.29, 0.717) is 32.8 Å². The van der Waals surface area contributed by atoms with Crippen LogP contribution < -0.4 is 31.1 Å². The van der Waals surface area contributed by atoms with Crippen LogP contribution >= 0.6 is 55.4 Å². The summed E-state index contributed by atoms with van der Waals surface area (Å²) in [4.78, 5) is 42.9. The number of carbonyl (C=O) groups excluding carboxylic acids is 2. The maximum absolute atomic E-state index is 12.9. The highest BCUT2D eigenvalue weighted by atomic mass is 79.9. The molecule has 0 saturated heterocycles. The lowest BCUT2D eigenvalue weighted by molar-refractivity contribution is -0.141. The van der Waals surface area contributed by atoms with Crippen molar-refractivity contribution in [1.29, 1.82) is 0 Å².